The Morgan fingerprint density at radius 3 is 1.90 bits per heavy atom. The summed E-state index contributed by atoms with van der Waals surface area (Å²) in [5, 5.41) is 17.6. The maximum absolute atomic E-state index is 13.1. The van der Waals surface area contributed by atoms with E-state index in [1.165, 1.54) is 19.2 Å². The number of esters is 1. The fourth-order valence-corrected chi connectivity index (χ4v) is 3.64. The smallest absolute Gasteiger partial charge is 0.338 e. The summed E-state index contributed by atoms with van der Waals surface area (Å²) < 4.78 is 28.0. The summed E-state index contributed by atoms with van der Waals surface area (Å²) in [6, 6.07) is 12.8. The molecule has 3 atom stereocenters. The molecule has 162 valence electrons. The molecule has 0 spiro atoms. The van der Waals surface area contributed by atoms with Crippen molar-refractivity contribution < 1.29 is 38.4 Å². The van der Waals surface area contributed by atoms with Crippen molar-refractivity contribution in [1.82, 2.24) is 0 Å². The Morgan fingerprint density at radius 1 is 1.00 bits per heavy atom. The van der Waals surface area contributed by atoms with Gasteiger partial charge >= 0.3 is 11.9 Å². The van der Waals surface area contributed by atoms with E-state index in [0.717, 1.165) is 11.8 Å². The fourth-order valence-electron chi connectivity index (χ4n) is 2.53. The largest absolute Gasteiger partial charge is 0.497 e. The SMILES string of the molecule is COc1ccc(C(=O)O)cc1.COc1ccc(C(=O)OCC2CC(F)C(O)S2)cc1. The Kier molecular flexibility index (Phi) is 8.94. The van der Waals surface area contributed by atoms with Crippen LogP contribution < -0.4 is 9.47 Å². The van der Waals surface area contributed by atoms with Crippen LogP contribution in [0, 0.1) is 0 Å². The number of carbonyl (C=O) groups excluding carboxylic acids is 1. The number of carboxylic acid groups (broad SMARTS) is 1. The number of rotatable bonds is 6. The minimum absolute atomic E-state index is 0.104. The average Bonchev–Trinajstić information content (AvgIpc) is 3.09. The number of halogens is 1. The van der Waals surface area contributed by atoms with Crippen molar-refractivity contribution in [3.05, 3.63) is 59.7 Å². The number of alkyl halides is 1. The molecule has 1 heterocycles. The third-order valence-corrected chi connectivity index (χ3v) is 5.48. The van der Waals surface area contributed by atoms with Gasteiger partial charge < -0.3 is 24.4 Å². The topological polar surface area (TPSA) is 102 Å². The van der Waals surface area contributed by atoms with Gasteiger partial charge in [-0.25, -0.2) is 14.0 Å². The number of carbonyl (C=O) groups is 2. The zero-order valence-electron chi connectivity index (χ0n) is 16.5. The highest BCUT2D eigenvalue weighted by Crippen LogP contribution is 2.34. The first-order valence-corrected chi connectivity index (χ1v) is 9.94. The molecule has 0 bridgehead atoms. The molecular formula is C21H23FO7S. The van der Waals surface area contributed by atoms with E-state index < -0.39 is 23.5 Å². The highest BCUT2D eigenvalue weighted by atomic mass is 32.2. The molecule has 1 fully saturated rings. The molecule has 0 aromatic heterocycles. The Balaban J connectivity index is 0.000000248. The Bertz CT molecular complexity index is 816. The number of aliphatic hydroxyl groups is 1. The van der Waals surface area contributed by atoms with Crippen LogP contribution >= 0.6 is 11.8 Å². The van der Waals surface area contributed by atoms with Crippen LogP contribution in [0.3, 0.4) is 0 Å². The minimum Gasteiger partial charge on any atom is -0.497 e. The number of hydrogen-bond acceptors (Lipinski definition) is 7. The Labute approximate surface area is 177 Å². The van der Waals surface area contributed by atoms with Crippen LogP contribution in [-0.2, 0) is 4.74 Å². The van der Waals surface area contributed by atoms with Gasteiger partial charge in [-0.05, 0) is 55.0 Å². The predicted octanol–water partition coefficient (Wildman–Crippen LogP) is 3.41. The molecule has 0 aliphatic carbocycles. The number of methoxy groups -OCH3 is 2. The second-order valence-electron chi connectivity index (χ2n) is 6.26. The van der Waals surface area contributed by atoms with Gasteiger partial charge in [-0.2, -0.15) is 0 Å². The zero-order valence-corrected chi connectivity index (χ0v) is 17.3. The number of aromatic carboxylic acids is 1. The molecule has 2 aromatic rings. The van der Waals surface area contributed by atoms with Crippen molar-refractivity contribution in [2.45, 2.75) is 23.3 Å². The molecule has 3 unspecified atom stereocenters. The fraction of sp³-hybridized carbons (Fsp3) is 0.333. The van der Waals surface area contributed by atoms with E-state index in [9.17, 15) is 19.1 Å². The molecule has 9 heteroatoms. The first kappa shape index (κ1) is 23.5. The van der Waals surface area contributed by atoms with Gasteiger partial charge in [0.05, 0.1) is 25.3 Å². The van der Waals surface area contributed by atoms with Crippen molar-refractivity contribution in [3.63, 3.8) is 0 Å². The second kappa shape index (κ2) is 11.4. The van der Waals surface area contributed by atoms with E-state index in [-0.39, 0.29) is 23.8 Å². The van der Waals surface area contributed by atoms with Gasteiger partial charge in [-0.3, -0.25) is 0 Å². The van der Waals surface area contributed by atoms with Crippen LogP contribution in [0.25, 0.3) is 0 Å². The molecular weight excluding hydrogens is 415 g/mol. The molecule has 1 aliphatic rings. The molecule has 2 N–H and O–H groups in total. The number of aliphatic hydroxyl groups excluding tert-OH is 1. The summed E-state index contributed by atoms with van der Waals surface area (Å²) in [6.45, 7) is 0.104. The first-order valence-electron chi connectivity index (χ1n) is 9.00. The van der Waals surface area contributed by atoms with E-state index in [2.05, 4.69) is 0 Å². The zero-order chi connectivity index (χ0) is 22.1. The number of carboxylic acids is 1. The predicted molar refractivity (Wildman–Crippen MR) is 110 cm³/mol. The highest BCUT2D eigenvalue weighted by Gasteiger charge is 2.34. The minimum atomic E-state index is -1.24. The second-order valence-corrected chi connectivity index (χ2v) is 7.68. The van der Waals surface area contributed by atoms with Crippen LogP contribution in [0.4, 0.5) is 4.39 Å². The molecule has 0 saturated carbocycles. The number of thioether (sulfide) groups is 1. The van der Waals surface area contributed by atoms with Crippen molar-refractivity contribution in [3.8, 4) is 11.5 Å². The highest BCUT2D eigenvalue weighted by molar-refractivity contribution is 8.00. The van der Waals surface area contributed by atoms with Gasteiger partial charge in [0.25, 0.3) is 0 Å². The monoisotopic (exact) mass is 438 g/mol. The van der Waals surface area contributed by atoms with E-state index in [0.29, 0.717) is 17.1 Å². The molecule has 3 rings (SSSR count). The maximum Gasteiger partial charge on any atom is 0.338 e. The summed E-state index contributed by atoms with van der Waals surface area (Å²) in [4.78, 5) is 22.1. The van der Waals surface area contributed by atoms with Crippen molar-refractivity contribution in [2.24, 2.45) is 0 Å². The van der Waals surface area contributed by atoms with Crippen LogP contribution in [0.2, 0.25) is 0 Å². The lowest BCUT2D eigenvalue weighted by molar-refractivity contribution is 0.0498. The van der Waals surface area contributed by atoms with Crippen LogP contribution in [0.15, 0.2) is 48.5 Å². The summed E-state index contributed by atoms with van der Waals surface area (Å²) in [5.74, 6) is -0.0611. The summed E-state index contributed by atoms with van der Waals surface area (Å²) in [7, 11) is 3.08. The van der Waals surface area contributed by atoms with Gasteiger partial charge in [-0.1, -0.05) is 0 Å². The van der Waals surface area contributed by atoms with Crippen LogP contribution in [0.5, 0.6) is 11.5 Å². The number of ether oxygens (including phenoxy) is 3. The first-order chi connectivity index (χ1) is 14.3. The van der Waals surface area contributed by atoms with E-state index in [1.54, 1.807) is 43.5 Å². The normalized spacial score (nSPS) is 19.9. The number of hydrogen-bond donors (Lipinski definition) is 2. The Morgan fingerprint density at radius 2 is 1.50 bits per heavy atom. The molecule has 1 aliphatic heterocycles. The van der Waals surface area contributed by atoms with E-state index in [4.69, 9.17) is 19.3 Å². The van der Waals surface area contributed by atoms with Crippen molar-refractivity contribution in [1.29, 1.82) is 0 Å². The van der Waals surface area contributed by atoms with E-state index >= 15 is 0 Å². The molecule has 1 saturated heterocycles. The van der Waals surface area contributed by atoms with Gasteiger partial charge in [0.2, 0.25) is 0 Å². The molecule has 0 radical (unpaired) electrons. The lowest BCUT2D eigenvalue weighted by atomic mass is 10.2. The van der Waals surface area contributed by atoms with Gasteiger partial charge in [0.15, 0.2) is 0 Å². The quantitative estimate of drug-likeness (QED) is 0.662. The maximum atomic E-state index is 13.1. The van der Waals surface area contributed by atoms with Gasteiger partial charge in [-0.15, -0.1) is 11.8 Å². The van der Waals surface area contributed by atoms with Crippen LogP contribution in [0.1, 0.15) is 27.1 Å². The Hall–Kier alpha value is -2.78. The number of benzene rings is 2. The summed E-state index contributed by atoms with van der Waals surface area (Å²) in [6.07, 6.45) is -1.03. The summed E-state index contributed by atoms with van der Waals surface area (Å²) >= 11 is 1.10. The molecule has 0 amide bonds. The standard InChI is InChI=1S/C13H15FO4S.C8H8O3/c1-17-9-4-2-8(3-5-9)12(15)18-7-10-6-11(14)13(16)19-10;1-11-7-4-2-6(3-5-7)8(9)10/h2-5,10-11,13,16H,6-7H2,1H3;2-5H,1H3,(H,9,10). The lowest BCUT2D eigenvalue weighted by Gasteiger charge is -2.09. The van der Waals surface area contributed by atoms with Crippen molar-refractivity contribution >= 4 is 23.7 Å². The van der Waals surface area contributed by atoms with Gasteiger partial charge in [0.1, 0.15) is 29.7 Å². The average molecular weight is 438 g/mol. The third kappa shape index (κ3) is 6.93. The lowest BCUT2D eigenvalue weighted by Crippen LogP contribution is -2.15. The van der Waals surface area contributed by atoms with Crippen molar-refractivity contribution in [2.75, 3.05) is 20.8 Å². The molecule has 2 aromatic carbocycles. The van der Waals surface area contributed by atoms with Crippen LogP contribution in [-0.4, -0.2) is 59.8 Å². The summed E-state index contributed by atoms with van der Waals surface area (Å²) in [5.41, 5.74) is -0.323. The molecule has 30 heavy (non-hydrogen) atoms. The molecule has 7 nitrogen and oxygen atoms in total. The third-order valence-electron chi connectivity index (χ3n) is 4.19. The van der Waals surface area contributed by atoms with Gasteiger partial charge in [0, 0.05) is 5.25 Å². The van der Waals surface area contributed by atoms with E-state index in [1.807, 2.05) is 0 Å².